The van der Waals surface area contributed by atoms with Crippen molar-refractivity contribution in [2.45, 2.75) is 51.8 Å². The molecule has 6 heterocycles. The van der Waals surface area contributed by atoms with Gasteiger partial charge in [0.2, 0.25) is 0 Å². The first kappa shape index (κ1) is 28.4. The molecular weight excluding hydrogens is 552 g/mol. The Morgan fingerprint density at radius 2 is 1.88 bits per heavy atom. The van der Waals surface area contributed by atoms with Gasteiger partial charge in [0.1, 0.15) is 23.8 Å². The van der Waals surface area contributed by atoms with Crippen molar-refractivity contribution in [3.8, 4) is 22.1 Å². The summed E-state index contributed by atoms with van der Waals surface area (Å²) in [6.45, 7) is 11.6. The summed E-state index contributed by atoms with van der Waals surface area (Å²) < 4.78 is 17.2. The van der Waals surface area contributed by atoms with Crippen LogP contribution in [0.3, 0.4) is 0 Å². The summed E-state index contributed by atoms with van der Waals surface area (Å²) in [5.74, 6) is 1.32. The van der Waals surface area contributed by atoms with Gasteiger partial charge in [-0.1, -0.05) is 6.08 Å². The topological polar surface area (TPSA) is 93.1 Å². The molecule has 3 aliphatic heterocycles. The van der Waals surface area contributed by atoms with E-state index in [1.165, 1.54) is 0 Å². The highest BCUT2D eigenvalue weighted by molar-refractivity contribution is 7.13. The number of hydrogen-bond donors (Lipinski definition) is 0. The monoisotopic (exact) mass is 590 g/mol. The van der Waals surface area contributed by atoms with E-state index >= 15 is 0 Å². The Bertz CT molecular complexity index is 1420. The lowest BCUT2D eigenvalue weighted by Gasteiger charge is -2.39. The van der Waals surface area contributed by atoms with Crippen molar-refractivity contribution in [3.63, 3.8) is 0 Å². The zero-order chi connectivity index (χ0) is 29.1. The first-order valence-electron chi connectivity index (χ1n) is 14.6. The Balaban J connectivity index is 1.09. The lowest BCUT2D eigenvalue weighted by Crippen LogP contribution is -2.49. The van der Waals surface area contributed by atoms with Gasteiger partial charge in [0.25, 0.3) is 0 Å². The lowest BCUT2D eigenvalue weighted by atomic mass is 10.0. The number of likely N-dealkylation sites (tertiary alicyclic amines) is 1. The van der Waals surface area contributed by atoms with Crippen molar-refractivity contribution >= 4 is 29.2 Å². The molecule has 3 aromatic rings. The summed E-state index contributed by atoms with van der Waals surface area (Å²) in [5.41, 5.74) is 3.39. The summed E-state index contributed by atoms with van der Waals surface area (Å²) in [6, 6.07) is 4.15. The fraction of sp³-hybridized carbons (Fsp3) is 0.484. The second kappa shape index (κ2) is 12.3. The molecule has 0 spiro atoms. The molecule has 0 saturated carbocycles. The van der Waals surface area contributed by atoms with Crippen molar-refractivity contribution in [3.05, 3.63) is 53.6 Å². The molecule has 0 radical (unpaired) electrons. The molecule has 1 fully saturated rings. The molecular formula is C31H38N6O4S. The maximum atomic E-state index is 13.4. The number of rotatable bonds is 7. The van der Waals surface area contributed by atoms with Gasteiger partial charge >= 0.3 is 6.09 Å². The highest BCUT2D eigenvalue weighted by Crippen LogP contribution is 2.32. The molecule has 0 unspecified atom stereocenters. The quantitative estimate of drug-likeness (QED) is 0.372. The lowest BCUT2D eigenvalue weighted by molar-refractivity contribution is 0.00556. The number of ether oxygens (including phenoxy) is 3. The molecule has 42 heavy (non-hydrogen) atoms. The van der Waals surface area contributed by atoms with Crippen LogP contribution in [0.5, 0.6) is 11.5 Å². The third-order valence-electron chi connectivity index (χ3n) is 7.65. The molecule has 0 N–H and O–H groups in total. The third kappa shape index (κ3) is 6.68. The van der Waals surface area contributed by atoms with Crippen LogP contribution in [0.2, 0.25) is 0 Å². The molecule has 11 heteroatoms. The first-order chi connectivity index (χ1) is 20.3. The van der Waals surface area contributed by atoms with E-state index in [0.717, 1.165) is 73.2 Å². The molecule has 1 amide bonds. The largest absolute Gasteiger partial charge is 0.486 e. The van der Waals surface area contributed by atoms with Gasteiger partial charge in [0.05, 0.1) is 29.8 Å². The minimum atomic E-state index is -0.580. The summed E-state index contributed by atoms with van der Waals surface area (Å²) in [4.78, 5) is 33.8. The van der Waals surface area contributed by atoms with E-state index in [1.807, 2.05) is 49.5 Å². The summed E-state index contributed by atoms with van der Waals surface area (Å²) in [7, 11) is 0. The number of anilines is 1. The van der Waals surface area contributed by atoms with E-state index in [2.05, 4.69) is 38.0 Å². The van der Waals surface area contributed by atoms with E-state index in [-0.39, 0.29) is 12.1 Å². The third-order valence-corrected chi connectivity index (χ3v) is 8.47. The Kier molecular flexibility index (Phi) is 8.30. The van der Waals surface area contributed by atoms with E-state index in [0.29, 0.717) is 31.3 Å². The van der Waals surface area contributed by atoms with Crippen LogP contribution in [-0.4, -0.2) is 88.4 Å². The number of carbonyl (C=O) groups is 1. The van der Waals surface area contributed by atoms with Crippen molar-refractivity contribution < 1.29 is 19.0 Å². The van der Waals surface area contributed by atoms with Crippen LogP contribution in [0.25, 0.3) is 16.6 Å². The second-order valence-corrected chi connectivity index (χ2v) is 12.7. The van der Waals surface area contributed by atoms with Gasteiger partial charge in [0, 0.05) is 68.2 Å². The van der Waals surface area contributed by atoms with Crippen LogP contribution >= 0.6 is 11.3 Å². The van der Waals surface area contributed by atoms with Gasteiger partial charge in [-0.25, -0.2) is 9.78 Å². The standard InChI is InChI=1S/C31H38N6O4S/c1-31(2,3)41-30(38)37(21-23-18-27-28(20-33-23)40-15-14-39-27)24-6-10-35(11-7-24)12-13-36-9-4-5-25-26(36)17-22(19-34-25)29-32-8-16-42-29/h4-5,8,16-20,24H,6-7,9-15,21H2,1-3H3. The number of fused-ring (bicyclic) bond motifs is 2. The van der Waals surface area contributed by atoms with Gasteiger partial charge in [-0.15, -0.1) is 11.3 Å². The van der Waals surface area contributed by atoms with E-state index in [9.17, 15) is 4.79 Å². The maximum Gasteiger partial charge on any atom is 0.410 e. The molecule has 10 nitrogen and oxygen atoms in total. The molecule has 222 valence electrons. The van der Waals surface area contributed by atoms with Gasteiger partial charge in [-0.05, 0) is 45.8 Å². The van der Waals surface area contributed by atoms with Crippen molar-refractivity contribution in [1.29, 1.82) is 0 Å². The van der Waals surface area contributed by atoms with Gasteiger partial charge < -0.3 is 24.0 Å². The number of carbonyl (C=O) groups excluding carboxylic acids is 1. The molecule has 0 aliphatic carbocycles. The highest BCUT2D eigenvalue weighted by atomic mass is 32.1. The Morgan fingerprint density at radius 1 is 1.07 bits per heavy atom. The zero-order valence-corrected chi connectivity index (χ0v) is 25.3. The second-order valence-electron chi connectivity index (χ2n) is 11.8. The van der Waals surface area contributed by atoms with Crippen LogP contribution in [-0.2, 0) is 11.3 Å². The smallest absolute Gasteiger partial charge is 0.410 e. The van der Waals surface area contributed by atoms with Crippen LogP contribution in [0, 0.1) is 0 Å². The minimum absolute atomic E-state index is 0.0646. The average Bonchev–Trinajstić information content (AvgIpc) is 3.53. The Labute approximate surface area is 250 Å². The van der Waals surface area contributed by atoms with E-state index in [4.69, 9.17) is 19.2 Å². The zero-order valence-electron chi connectivity index (χ0n) is 24.5. The van der Waals surface area contributed by atoms with Gasteiger partial charge in [-0.3, -0.25) is 14.9 Å². The van der Waals surface area contributed by atoms with E-state index in [1.54, 1.807) is 17.5 Å². The molecule has 3 aliphatic rings. The van der Waals surface area contributed by atoms with Gasteiger partial charge in [-0.2, -0.15) is 0 Å². The molecule has 1 saturated heterocycles. The predicted molar refractivity (Wildman–Crippen MR) is 163 cm³/mol. The average molecular weight is 591 g/mol. The van der Waals surface area contributed by atoms with Crippen LogP contribution in [0.4, 0.5) is 10.5 Å². The number of thiazole rings is 1. The number of nitrogens with zero attached hydrogens (tertiary/aromatic N) is 6. The summed E-state index contributed by atoms with van der Waals surface area (Å²) >= 11 is 1.63. The first-order valence-corrected chi connectivity index (χ1v) is 15.5. The molecule has 6 rings (SSSR count). The van der Waals surface area contributed by atoms with Crippen molar-refractivity contribution in [2.75, 3.05) is 50.8 Å². The Morgan fingerprint density at radius 3 is 2.64 bits per heavy atom. The fourth-order valence-corrected chi connectivity index (χ4v) is 6.18. The summed E-state index contributed by atoms with van der Waals surface area (Å²) in [5, 5.41) is 2.98. The maximum absolute atomic E-state index is 13.4. The number of pyridine rings is 2. The Hall–Kier alpha value is -3.70. The number of aromatic nitrogens is 3. The van der Waals surface area contributed by atoms with Crippen LogP contribution in [0.15, 0.2) is 42.2 Å². The number of amides is 1. The molecule has 3 aromatic heterocycles. The fourth-order valence-electron chi connectivity index (χ4n) is 5.56. The minimum Gasteiger partial charge on any atom is -0.486 e. The summed E-state index contributed by atoms with van der Waals surface area (Å²) in [6.07, 6.45) is 11.1. The normalized spacial score (nSPS) is 17.2. The van der Waals surface area contributed by atoms with E-state index < -0.39 is 5.60 Å². The van der Waals surface area contributed by atoms with Crippen molar-refractivity contribution in [2.24, 2.45) is 0 Å². The molecule has 0 aromatic carbocycles. The molecule has 0 bridgehead atoms. The van der Waals surface area contributed by atoms with Gasteiger partial charge in [0.15, 0.2) is 11.5 Å². The van der Waals surface area contributed by atoms with Crippen LogP contribution < -0.4 is 14.4 Å². The van der Waals surface area contributed by atoms with Crippen LogP contribution in [0.1, 0.15) is 45.0 Å². The highest BCUT2D eigenvalue weighted by Gasteiger charge is 2.32. The number of piperidine rings is 1. The molecule has 0 atom stereocenters. The van der Waals surface area contributed by atoms with Crippen molar-refractivity contribution in [1.82, 2.24) is 24.8 Å². The number of hydrogen-bond acceptors (Lipinski definition) is 10. The predicted octanol–water partition coefficient (Wildman–Crippen LogP) is 5.11. The SMILES string of the molecule is CC(C)(C)OC(=O)N(Cc1cc2c(cn1)OCCO2)C1CCN(CCN2CC=Cc3ncc(-c4nccs4)cc32)CC1.